The Labute approximate surface area is 120 Å². The molecule has 2 bridgehead atoms. The normalized spacial score (nSPS) is 32.1. The monoisotopic (exact) mass is 270 g/mol. The Bertz CT molecular complexity index is 510. The first kappa shape index (κ1) is 12.2. The Hall–Kier alpha value is -1.51. The van der Waals surface area contributed by atoms with Gasteiger partial charge in [0.25, 0.3) is 0 Å². The minimum Gasteiger partial charge on any atom is -0.382 e. The fourth-order valence-corrected chi connectivity index (χ4v) is 4.29. The lowest BCUT2D eigenvalue weighted by molar-refractivity contribution is -0.117. The molecule has 0 aromatic heterocycles. The van der Waals surface area contributed by atoms with Crippen molar-refractivity contribution < 1.29 is 4.79 Å². The van der Waals surface area contributed by atoms with Crippen LogP contribution in [-0.4, -0.2) is 18.5 Å². The van der Waals surface area contributed by atoms with Crippen LogP contribution in [0.3, 0.4) is 0 Å². The number of carbonyl (C=O) groups is 1. The van der Waals surface area contributed by atoms with Crippen LogP contribution in [0.2, 0.25) is 0 Å². The largest absolute Gasteiger partial charge is 0.382 e. The first-order valence-electron chi connectivity index (χ1n) is 7.96. The van der Waals surface area contributed by atoms with Crippen molar-refractivity contribution in [3.63, 3.8) is 0 Å². The van der Waals surface area contributed by atoms with Gasteiger partial charge in [-0.15, -0.1) is 0 Å². The third-order valence-electron chi connectivity index (χ3n) is 5.34. The lowest BCUT2D eigenvalue weighted by atomic mass is 9.95. The molecule has 3 nitrogen and oxygen atoms in total. The molecule has 3 atom stereocenters. The van der Waals surface area contributed by atoms with Crippen molar-refractivity contribution in [1.82, 2.24) is 0 Å². The van der Waals surface area contributed by atoms with Crippen LogP contribution >= 0.6 is 0 Å². The topological polar surface area (TPSA) is 32.3 Å². The Morgan fingerprint density at radius 2 is 1.95 bits per heavy atom. The molecule has 20 heavy (non-hydrogen) atoms. The quantitative estimate of drug-likeness (QED) is 0.913. The molecule has 4 rings (SSSR count). The van der Waals surface area contributed by atoms with Gasteiger partial charge in [0.05, 0.1) is 0 Å². The summed E-state index contributed by atoms with van der Waals surface area (Å²) in [6.07, 6.45) is 7.31. The maximum Gasteiger partial charge on any atom is 0.227 e. The summed E-state index contributed by atoms with van der Waals surface area (Å²) >= 11 is 0. The van der Waals surface area contributed by atoms with E-state index in [2.05, 4.69) is 29.6 Å². The summed E-state index contributed by atoms with van der Waals surface area (Å²) in [6.45, 7) is 0.873. The van der Waals surface area contributed by atoms with E-state index in [0.717, 1.165) is 30.5 Å². The van der Waals surface area contributed by atoms with Gasteiger partial charge in [0, 0.05) is 30.4 Å². The maximum absolute atomic E-state index is 11.7. The minimum absolute atomic E-state index is 0.263. The van der Waals surface area contributed by atoms with Gasteiger partial charge in [-0.25, -0.2) is 0 Å². The first-order valence-corrected chi connectivity index (χ1v) is 7.96. The molecule has 1 saturated heterocycles. The molecule has 3 fully saturated rings. The van der Waals surface area contributed by atoms with E-state index in [1.807, 2.05) is 4.90 Å². The lowest BCUT2D eigenvalue weighted by Gasteiger charge is -2.24. The average molecular weight is 270 g/mol. The van der Waals surface area contributed by atoms with E-state index in [1.54, 1.807) is 0 Å². The van der Waals surface area contributed by atoms with E-state index in [-0.39, 0.29) is 5.91 Å². The molecule has 0 spiro atoms. The zero-order valence-electron chi connectivity index (χ0n) is 11.8. The number of hydrogen-bond acceptors (Lipinski definition) is 2. The highest BCUT2D eigenvalue weighted by atomic mass is 16.2. The second-order valence-corrected chi connectivity index (χ2v) is 6.62. The first-order chi connectivity index (χ1) is 9.79. The fourth-order valence-electron chi connectivity index (χ4n) is 4.29. The van der Waals surface area contributed by atoms with Crippen LogP contribution in [-0.2, 0) is 4.79 Å². The summed E-state index contributed by atoms with van der Waals surface area (Å²) in [5, 5.41) is 3.70. The van der Waals surface area contributed by atoms with Gasteiger partial charge in [0.1, 0.15) is 0 Å². The Morgan fingerprint density at radius 1 is 1.10 bits per heavy atom. The van der Waals surface area contributed by atoms with Crippen molar-refractivity contribution in [1.29, 1.82) is 0 Å². The molecule has 1 aromatic rings. The Kier molecular flexibility index (Phi) is 2.94. The molecule has 3 aliphatic rings. The highest BCUT2D eigenvalue weighted by Gasteiger charge is 2.39. The molecule has 3 unspecified atom stereocenters. The number of anilines is 2. The average Bonchev–Trinajstić information content (AvgIpc) is 3.16. The van der Waals surface area contributed by atoms with Crippen LogP contribution in [0.5, 0.6) is 0 Å². The van der Waals surface area contributed by atoms with Gasteiger partial charge in [-0.05, 0) is 61.8 Å². The number of carbonyl (C=O) groups excluding carboxylic acids is 1. The van der Waals surface area contributed by atoms with Gasteiger partial charge in [-0.2, -0.15) is 0 Å². The number of nitrogens with one attached hydrogen (secondary N) is 1. The third-order valence-corrected chi connectivity index (χ3v) is 5.34. The standard InChI is InChI=1S/C17H22N2O/c20-17-2-1-9-19(17)15-7-5-14(6-8-15)18-16-11-12-3-4-13(16)10-12/h5-8,12-13,16,18H,1-4,9-11H2. The number of fused-ring (bicyclic) bond motifs is 2. The predicted molar refractivity (Wildman–Crippen MR) is 80.9 cm³/mol. The van der Waals surface area contributed by atoms with E-state index >= 15 is 0 Å². The van der Waals surface area contributed by atoms with Crippen LogP contribution in [0.15, 0.2) is 24.3 Å². The molecule has 3 heteroatoms. The number of rotatable bonds is 3. The van der Waals surface area contributed by atoms with E-state index < -0.39 is 0 Å². The van der Waals surface area contributed by atoms with Crippen molar-refractivity contribution >= 4 is 17.3 Å². The van der Waals surface area contributed by atoms with Gasteiger partial charge < -0.3 is 10.2 Å². The highest BCUT2D eigenvalue weighted by Crippen LogP contribution is 2.45. The molecule has 1 amide bonds. The smallest absolute Gasteiger partial charge is 0.227 e. The van der Waals surface area contributed by atoms with Crippen molar-refractivity contribution in [2.75, 3.05) is 16.8 Å². The van der Waals surface area contributed by atoms with Crippen LogP contribution in [0, 0.1) is 11.8 Å². The predicted octanol–water partition coefficient (Wildman–Crippen LogP) is 3.41. The highest BCUT2D eigenvalue weighted by molar-refractivity contribution is 5.95. The molecule has 106 valence electrons. The Morgan fingerprint density at radius 3 is 2.55 bits per heavy atom. The maximum atomic E-state index is 11.7. The summed E-state index contributed by atoms with van der Waals surface area (Å²) in [7, 11) is 0. The number of hydrogen-bond donors (Lipinski definition) is 1. The van der Waals surface area contributed by atoms with Crippen LogP contribution in [0.25, 0.3) is 0 Å². The zero-order valence-corrected chi connectivity index (χ0v) is 11.8. The van der Waals surface area contributed by atoms with E-state index in [4.69, 9.17) is 0 Å². The fraction of sp³-hybridized carbons (Fsp3) is 0.588. The number of amides is 1. The summed E-state index contributed by atoms with van der Waals surface area (Å²) in [5.41, 5.74) is 2.25. The van der Waals surface area contributed by atoms with Gasteiger partial charge in [-0.3, -0.25) is 4.79 Å². The molecule has 1 heterocycles. The summed E-state index contributed by atoms with van der Waals surface area (Å²) in [6, 6.07) is 9.10. The zero-order chi connectivity index (χ0) is 13.5. The Balaban J connectivity index is 1.44. The van der Waals surface area contributed by atoms with Crippen LogP contribution in [0.4, 0.5) is 11.4 Å². The van der Waals surface area contributed by atoms with E-state index in [1.165, 1.54) is 31.4 Å². The molecule has 1 aromatic carbocycles. The van der Waals surface area contributed by atoms with Crippen molar-refractivity contribution in [2.45, 2.75) is 44.6 Å². The second kappa shape index (κ2) is 4.80. The van der Waals surface area contributed by atoms with Gasteiger partial charge in [-0.1, -0.05) is 6.42 Å². The SMILES string of the molecule is O=C1CCCN1c1ccc(NC2CC3CCC2C3)cc1. The number of nitrogens with zero attached hydrogens (tertiary/aromatic N) is 1. The summed E-state index contributed by atoms with van der Waals surface area (Å²) in [4.78, 5) is 13.6. The second-order valence-electron chi connectivity index (χ2n) is 6.62. The summed E-state index contributed by atoms with van der Waals surface area (Å²) < 4.78 is 0. The molecule has 0 radical (unpaired) electrons. The van der Waals surface area contributed by atoms with Crippen molar-refractivity contribution in [3.05, 3.63) is 24.3 Å². The van der Waals surface area contributed by atoms with E-state index in [0.29, 0.717) is 12.5 Å². The lowest BCUT2D eigenvalue weighted by Crippen LogP contribution is -2.26. The molecule has 2 saturated carbocycles. The van der Waals surface area contributed by atoms with Crippen molar-refractivity contribution in [2.24, 2.45) is 11.8 Å². The molecule has 2 aliphatic carbocycles. The molecular formula is C17H22N2O. The number of benzene rings is 1. The summed E-state index contributed by atoms with van der Waals surface area (Å²) in [5.74, 6) is 2.12. The molecular weight excluding hydrogens is 248 g/mol. The van der Waals surface area contributed by atoms with E-state index in [9.17, 15) is 4.79 Å². The van der Waals surface area contributed by atoms with Crippen LogP contribution < -0.4 is 10.2 Å². The molecule has 1 N–H and O–H groups in total. The third kappa shape index (κ3) is 2.09. The molecule has 1 aliphatic heterocycles. The van der Waals surface area contributed by atoms with Crippen molar-refractivity contribution in [3.8, 4) is 0 Å². The van der Waals surface area contributed by atoms with Gasteiger partial charge in [0.2, 0.25) is 5.91 Å². The van der Waals surface area contributed by atoms with Crippen LogP contribution in [0.1, 0.15) is 38.5 Å². The van der Waals surface area contributed by atoms with Gasteiger partial charge >= 0.3 is 0 Å². The van der Waals surface area contributed by atoms with Gasteiger partial charge in [0.15, 0.2) is 0 Å². The minimum atomic E-state index is 0.263.